The third-order valence-corrected chi connectivity index (χ3v) is 4.24. The van der Waals surface area contributed by atoms with Crippen LogP contribution in [0.4, 0.5) is 5.69 Å². The smallest absolute Gasteiger partial charge is 0.180 e. The topological polar surface area (TPSA) is 30.8 Å². The van der Waals surface area contributed by atoms with Crippen LogP contribution in [0.2, 0.25) is 10.0 Å². The van der Waals surface area contributed by atoms with Crippen molar-refractivity contribution in [1.29, 1.82) is 0 Å². The summed E-state index contributed by atoms with van der Waals surface area (Å²) in [6.45, 7) is 2.76. The summed E-state index contributed by atoms with van der Waals surface area (Å²) in [6.07, 6.45) is 1.75. The van der Waals surface area contributed by atoms with E-state index in [0.717, 1.165) is 16.8 Å². The highest BCUT2D eigenvalue weighted by Gasteiger charge is 2.12. The van der Waals surface area contributed by atoms with E-state index in [9.17, 15) is 0 Å². The number of para-hydroxylation sites is 1. The molecule has 0 N–H and O–H groups in total. The Labute approximate surface area is 169 Å². The summed E-state index contributed by atoms with van der Waals surface area (Å²) < 4.78 is 11.6. The second kappa shape index (κ2) is 9.45. The van der Waals surface area contributed by atoms with Crippen molar-refractivity contribution < 1.29 is 9.47 Å². The Morgan fingerprint density at radius 2 is 1.74 bits per heavy atom. The first-order valence-corrected chi connectivity index (χ1v) is 9.34. The fraction of sp³-hybridized carbons (Fsp3) is 0.136. The third kappa shape index (κ3) is 5.49. The summed E-state index contributed by atoms with van der Waals surface area (Å²) in [5.41, 5.74) is 2.66. The Kier molecular flexibility index (Phi) is 6.74. The van der Waals surface area contributed by atoms with Crippen LogP contribution in [0.15, 0.2) is 71.7 Å². The first-order valence-electron chi connectivity index (χ1n) is 8.58. The van der Waals surface area contributed by atoms with E-state index >= 15 is 0 Å². The van der Waals surface area contributed by atoms with Crippen molar-refractivity contribution >= 4 is 35.1 Å². The van der Waals surface area contributed by atoms with Crippen molar-refractivity contribution in [3.63, 3.8) is 0 Å². The molecule has 0 atom stereocenters. The molecule has 3 rings (SSSR count). The van der Waals surface area contributed by atoms with Crippen molar-refractivity contribution in [1.82, 2.24) is 0 Å². The number of rotatable bonds is 7. The number of halogens is 2. The highest BCUT2D eigenvalue weighted by molar-refractivity contribution is 6.32. The molecule has 0 aliphatic rings. The van der Waals surface area contributed by atoms with Crippen LogP contribution in [0, 0.1) is 0 Å². The van der Waals surface area contributed by atoms with Gasteiger partial charge in [0.1, 0.15) is 6.61 Å². The Bertz CT molecular complexity index is 927. The first-order chi connectivity index (χ1) is 13.2. The second-order valence-corrected chi connectivity index (χ2v) is 6.62. The molecular formula is C22H19Cl2NO2. The molecule has 0 spiro atoms. The number of aliphatic imine (C=N–C) groups is 1. The molecule has 3 aromatic carbocycles. The molecule has 138 valence electrons. The van der Waals surface area contributed by atoms with E-state index in [0.29, 0.717) is 34.8 Å². The van der Waals surface area contributed by atoms with Gasteiger partial charge in [-0.3, -0.25) is 4.99 Å². The third-order valence-electron chi connectivity index (χ3n) is 3.72. The lowest BCUT2D eigenvalue weighted by molar-refractivity contribution is 0.269. The molecule has 0 saturated carbocycles. The van der Waals surface area contributed by atoms with Crippen LogP contribution in [0.3, 0.4) is 0 Å². The van der Waals surface area contributed by atoms with Gasteiger partial charge in [0.25, 0.3) is 0 Å². The number of nitrogens with zero attached hydrogens (tertiary/aromatic N) is 1. The summed E-state index contributed by atoms with van der Waals surface area (Å²) in [7, 11) is 0. The van der Waals surface area contributed by atoms with E-state index in [1.807, 2.05) is 73.7 Å². The van der Waals surface area contributed by atoms with Gasteiger partial charge in [-0.1, -0.05) is 53.5 Å². The molecule has 0 amide bonds. The van der Waals surface area contributed by atoms with Crippen LogP contribution in [0.25, 0.3) is 0 Å². The van der Waals surface area contributed by atoms with Crippen molar-refractivity contribution in [3.05, 3.63) is 87.9 Å². The summed E-state index contributed by atoms with van der Waals surface area (Å²) in [5, 5.41) is 1.14. The van der Waals surface area contributed by atoms with Gasteiger partial charge < -0.3 is 9.47 Å². The van der Waals surface area contributed by atoms with Crippen molar-refractivity contribution in [2.75, 3.05) is 6.61 Å². The molecule has 0 aromatic heterocycles. The van der Waals surface area contributed by atoms with Crippen LogP contribution < -0.4 is 9.47 Å². The second-order valence-electron chi connectivity index (χ2n) is 5.78. The molecule has 3 nitrogen and oxygen atoms in total. The molecule has 0 unspecified atom stereocenters. The zero-order valence-electron chi connectivity index (χ0n) is 14.9. The van der Waals surface area contributed by atoms with Crippen molar-refractivity contribution in [3.8, 4) is 11.5 Å². The molecule has 0 saturated heterocycles. The van der Waals surface area contributed by atoms with Crippen LogP contribution in [-0.4, -0.2) is 12.8 Å². The lowest BCUT2D eigenvalue weighted by Crippen LogP contribution is -2.01. The summed E-state index contributed by atoms with van der Waals surface area (Å²) in [6, 6.07) is 20.9. The number of hydrogen-bond acceptors (Lipinski definition) is 3. The summed E-state index contributed by atoms with van der Waals surface area (Å²) in [4.78, 5) is 4.46. The Hall–Kier alpha value is -2.49. The first kappa shape index (κ1) is 19.3. The van der Waals surface area contributed by atoms with E-state index < -0.39 is 0 Å². The van der Waals surface area contributed by atoms with Gasteiger partial charge in [0.05, 0.1) is 17.3 Å². The summed E-state index contributed by atoms with van der Waals surface area (Å²) >= 11 is 12.5. The molecule has 0 aliphatic heterocycles. The largest absolute Gasteiger partial charge is 0.490 e. The summed E-state index contributed by atoms with van der Waals surface area (Å²) in [5.74, 6) is 1.09. The van der Waals surface area contributed by atoms with Crippen LogP contribution >= 0.6 is 23.2 Å². The monoisotopic (exact) mass is 399 g/mol. The lowest BCUT2D eigenvalue weighted by Gasteiger charge is -2.14. The zero-order chi connectivity index (χ0) is 19.1. The van der Waals surface area contributed by atoms with E-state index in [1.54, 1.807) is 6.21 Å². The maximum Gasteiger partial charge on any atom is 0.180 e. The molecule has 0 fully saturated rings. The Morgan fingerprint density at radius 3 is 2.48 bits per heavy atom. The number of ether oxygens (including phenoxy) is 2. The van der Waals surface area contributed by atoms with Gasteiger partial charge in [-0.25, -0.2) is 0 Å². The molecule has 5 heteroatoms. The number of hydrogen-bond donors (Lipinski definition) is 0. The average molecular weight is 400 g/mol. The van der Waals surface area contributed by atoms with Gasteiger partial charge in [-0.05, 0) is 54.4 Å². The molecular weight excluding hydrogens is 381 g/mol. The number of benzene rings is 3. The SMILES string of the molecule is CCOc1cc(C=Nc2ccccc2)cc(Cl)c1OCc1cccc(Cl)c1. The lowest BCUT2D eigenvalue weighted by atomic mass is 10.2. The van der Waals surface area contributed by atoms with Crippen molar-refractivity contribution in [2.24, 2.45) is 4.99 Å². The molecule has 0 aliphatic carbocycles. The van der Waals surface area contributed by atoms with Crippen molar-refractivity contribution in [2.45, 2.75) is 13.5 Å². The Morgan fingerprint density at radius 1 is 0.926 bits per heavy atom. The molecule has 0 radical (unpaired) electrons. The minimum Gasteiger partial charge on any atom is -0.490 e. The minimum atomic E-state index is 0.345. The highest BCUT2D eigenvalue weighted by atomic mass is 35.5. The maximum atomic E-state index is 6.46. The fourth-order valence-electron chi connectivity index (χ4n) is 2.51. The molecule has 3 aromatic rings. The molecule has 0 heterocycles. The predicted octanol–water partition coefficient (Wildman–Crippen LogP) is 6.72. The molecule has 27 heavy (non-hydrogen) atoms. The van der Waals surface area contributed by atoms with Crippen LogP contribution in [-0.2, 0) is 6.61 Å². The van der Waals surface area contributed by atoms with Gasteiger partial charge in [-0.15, -0.1) is 0 Å². The standard InChI is InChI=1S/C22H19Cl2NO2/c1-2-26-21-13-17(14-25-19-9-4-3-5-10-19)12-20(24)22(21)27-15-16-7-6-8-18(23)11-16/h3-14H,2,15H2,1H3. The van der Waals surface area contributed by atoms with Crippen LogP contribution in [0.5, 0.6) is 11.5 Å². The van der Waals surface area contributed by atoms with Gasteiger partial charge in [0.15, 0.2) is 11.5 Å². The Balaban J connectivity index is 1.82. The average Bonchev–Trinajstić information content (AvgIpc) is 2.67. The van der Waals surface area contributed by atoms with Gasteiger partial charge in [0, 0.05) is 11.2 Å². The normalized spacial score (nSPS) is 10.9. The van der Waals surface area contributed by atoms with Gasteiger partial charge in [-0.2, -0.15) is 0 Å². The van der Waals surface area contributed by atoms with Gasteiger partial charge >= 0.3 is 0 Å². The minimum absolute atomic E-state index is 0.345. The quantitative estimate of drug-likeness (QED) is 0.412. The van der Waals surface area contributed by atoms with Crippen LogP contribution in [0.1, 0.15) is 18.1 Å². The van der Waals surface area contributed by atoms with Gasteiger partial charge in [0.2, 0.25) is 0 Å². The zero-order valence-corrected chi connectivity index (χ0v) is 16.4. The fourth-order valence-corrected chi connectivity index (χ4v) is 3.00. The highest BCUT2D eigenvalue weighted by Crippen LogP contribution is 2.37. The van der Waals surface area contributed by atoms with E-state index in [2.05, 4.69) is 4.99 Å². The maximum absolute atomic E-state index is 6.46. The van der Waals surface area contributed by atoms with E-state index in [-0.39, 0.29) is 0 Å². The predicted molar refractivity (Wildman–Crippen MR) is 112 cm³/mol. The molecule has 0 bridgehead atoms. The van der Waals surface area contributed by atoms with E-state index in [4.69, 9.17) is 32.7 Å². The van der Waals surface area contributed by atoms with E-state index in [1.165, 1.54) is 0 Å².